The molecule has 1 unspecified atom stereocenters. The van der Waals surface area contributed by atoms with Crippen molar-refractivity contribution in [1.82, 2.24) is 14.9 Å². The summed E-state index contributed by atoms with van der Waals surface area (Å²) in [6.45, 7) is 2.73. The number of urea groups is 1. The number of benzene rings is 2. The van der Waals surface area contributed by atoms with Crippen LogP contribution in [0.5, 0.6) is 0 Å². The molecule has 9 heteroatoms. The zero-order chi connectivity index (χ0) is 23.4. The van der Waals surface area contributed by atoms with Gasteiger partial charge in [0.2, 0.25) is 10.0 Å². The number of piperidine rings is 1. The van der Waals surface area contributed by atoms with Gasteiger partial charge in [-0.25, -0.2) is 18.0 Å². The minimum Gasteiger partial charge on any atom is -0.463 e. The van der Waals surface area contributed by atoms with E-state index in [1.807, 2.05) is 6.07 Å². The smallest absolute Gasteiger partial charge is 0.338 e. The van der Waals surface area contributed by atoms with E-state index in [-0.39, 0.29) is 17.1 Å². The Morgan fingerprint density at radius 2 is 1.70 bits per heavy atom. The number of hydrogen-bond acceptors (Lipinski definition) is 5. The van der Waals surface area contributed by atoms with Gasteiger partial charge in [0.25, 0.3) is 0 Å². The van der Waals surface area contributed by atoms with Crippen molar-refractivity contribution in [3.63, 3.8) is 0 Å². The summed E-state index contributed by atoms with van der Waals surface area (Å²) in [7, 11) is -3.82. The lowest BCUT2D eigenvalue weighted by atomic mass is 9.92. The summed E-state index contributed by atoms with van der Waals surface area (Å²) in [4.78, 5) is 25.8. The molecular formula is C24H27N3O5S. The summed E-state index contributed by atoms with van der Waals surface area (Å²) in [5.41, 5.74) is 1.41. The molecule has 174 valence electrons. The molecule has 0 spiro atoms. The molecule has 2 aromatic rings. The molecule has 0 aliphatic carbocycles. The van der Waals surface area contributed by atoms with Crippen molar-refractivity contribution in [2.45, 2.75) is 37.1 Å². The number of hydrogen-bond donors (Lipinski definition) is 2. The first-order valence-electron chi connectivity index (χ1n) is 11.1. The second-order valence-corrected chi connectivity index (χ2v) is 9.82. The quantitative estimate of drug-likeness (QED) is 0.633. The van der Waals surface area contributed by atoms with Crippen LogP contribution in [0.25, 0.3) is 5.70 Å². The van der Waals surface area contributed by atoms with Crippen LogP contribution in [0, 0.1) is 0 Å². The summed E-state index contributed by atoms with van der Waals surface area (Å²) in [6, 6.07) is 13.9. The molecule has 2 aliphatic heterocycles. The Kier molecular flexibility index (Phi) is 6.80. The first kappa shape index (κ1) is 23.0. The molecule has 0 bridgehead atoms. The fraction of sp³-hybridized carbons (Fsp3) is 0.333. The topological polar surface area (TPSA) is 105 Å². The van der Waals surface area contributed by atoms with E-state index in [2.05, 4.69) is 10.6 Å². The Labute approximate surface area is 193 Å². The lowest BCUT2D eigenvalue weighted by Gasteiger charge is -2.32. The van der Waals surface area contributed by atoms with E-state index in [1.165, 1.54) is 10.4 Å². The van der Waals surface area contributed by atoms with Crippen molar-refractivity contribution in [1.29, 1.82) is 0 Å². The van der Waals surface area contributed by atoms with Crippen LogP contribution in [0.15, 0.2) is 65.1 Å². The van der Waals surface area contributed by atoms with Gasteiger partial charge in [-0.3, -0.25) is 0 Å². The number of esters is 1. The lowest BCUT2D eigenvalue weighted by molar-refractivity contribution is -0.138. The molecule has 33 heavy (non-hydrogen) atoms. The third-order valence-electron chi connectivity index (χ3n) is 5.79. The Bertz CT molecular complexity index is 1170. The monoisotopic (exact) mass is 469 g/mol. The summed E-state index contributed by atoms with van der Waals surface area (Å²) in [5.74, 6) is -0.626. The summed E-state index contributed by atoms with van der Waals surface area (Å²) in [5, 5.41) is 5.46. The van der Waals surface area contributed by atoms with E-state index in [0.717, 1.165) is 19.3 Å². The molecule has 1 saturated heterocycles. The highest BCUT2D eigenvalue weighted by Gasteiger charge is 2.38. The van der Waals surface area contributed by atoms with Gasteiger partial charge in [0.1, 0.15) is 0 Å². The molecule has 8 nitrogen and oxygen atoms in total. The first-order chi connectivity index (χ1) is 15.9. The molecule has 2 N–H and O–H groups in total. The largest absolute Gasteiger partial charge is 0.463 e. The molecule has 2 amide bonds. The number of rotatable bonds is 6. The summed E-state index contributed by atoms with van der Waals surface area (Å²) < 4.78 is 33.9. The zero-order valence-corrected chi connectivity index (χ0v) is 19.2. The van der Waals surface area contributed by atoms with E-state index in [0.29, 0.717) is 29.9 Å². The lowest BCUT2D eigenvalue weighted by Crippen LogP contribution is -2.46. The number of nitrogens with one attached hydrogen (secondary N) is 2. The van der Waals surface area contributed by atoms with Crippen LogP contribution in [0.3, 0.4) is 0 Å². The summed E-state index contributed by atoms with van der Waals surface area (Å²) in [6.07, 6.45) is 2.60. The highest BCUT2D eigenvalue weighted by Crippen LogP contribution is 2.36. The highest BCUT2D eigenvalue weighted by molar-refractivity contribution is 7.89. The van der Waals surface area contributed by atoms with Crippen LogP contribution in [-0.2, 0) is 19.6 Å². The maximum atomic E-state index is 13.6. The summed E-state index contributed by atoms with van der Waals surface area (Å²) >= 11 is 0. The Morgan fingerprint density at radius 1 is 1.03 bits per heavy atom. The van der Waals surface area contributed by atoms with Gasteiger partial charge in [-0.15, -0.1) is 0 Å². The number of sulfonamides is 1. The van der Waals surface area contributed by atoms with Crippen molar-refractivity contribution in [2.24, 2.45) is 0 Å². The van der Waals surface area contributed by atoms with Gasteiger partial charge in [0.15, 0.2) is 0 Å². The average Bonchev–Trinajstić information content (AvgIpc) is 2.84. The molecular weight excluding hydrogens is 442 g/mol. The Hall–Kier alpha value is -3.17. The number of carbonyl (C=O) groups is 2. The van der Waals surface area contributed by atoms with Crippen LogP contribution in [0.4, 0.5) is 4.79 Å². The molecule has 0 aromatic heterocycles. The fourth-order valence-corrected chi connectivity index (χ4v) is 6.01. The molecule has 4 rings (SSSR count). The maximum Gasteiger partial charge on any atom is 0.338 e. The normalized spacial score (nSPS) is 19.5. The third kappa shape index (κ3) is 4.65. The van der Waals surface area contributed by atoms with Gasteiger partial charge in [-0.05, 0) is 37.0 Å². The maximum absolute atomic E-state index is 13.6. The van der Waals surface area contributed by atoms with Crippen LogP contribution >= 0.6 is 0 Å². The number of nitrogens with zero attached hydrogens (tertiary/aromatic N) is 1. The van der Waals surface area contributed by atoms with Gasteiger partial charge in [0.05, 0.1) is 28.8 Å². The van der Waals surface area contributed by atoms with Crippen molar-refractivity contribution in [2.75, 3.05) is 19.7 Å². The predicted molar refractivity (Wildman–Crippen MR) is 123 cm³/mol. The average molecular weight is 470 g/mol. The molecule has 2 heterocycles. The van der Waals surface area contributed by atoms with Crippen molar-refractivity contribution >= 4 is 27.7 Å². The Balaban J connectivity index is 1.88. The van der Waals surface area contributed by atoms with Gasteiger partial charge < -0.3 is 15.4 Å². The van der Waals surface area contributed by atoms with E-state index < -0.39 is 28.1 Å². The predicted octanol–water partition coefficient (Wildman–Crippen LogP) is 3.19. The second-order valence-electron chi connectivity index (χ2n) is 7.91. The van der Waals surface area contributed by atoms with Crippen LogP contribution < -0.4 is 10.6 Å². The highest BCUT2D eigenvalue weighted by atomic mass is 32.2. The number of ether oxygens (including phenoxy) is 1. The van der Waals surface area contributed by atoms with E-state index in [1.54, 1.807) is 49.4 Å². The van der Waals surface area contributed by atoms with Gasteiger partial charge >= 0.3 is 12.0 Å². The standard InChI is InChI=1S/C24H27N3O5S/c1-2-32-23(28)20-21(17-11-5-3-6-12-17)25-24(29)26-22(20)18-13-7-8-14-19(18)33(30,31)27-15-9-4-10-16-27/h3,5-8,11-14,22H,2,4,9-10,15-16H2,1H3,(H2,25,26,29). The van der Waals surface area contributed by atoms with E-state index in [4.69, 9.17) is 4.74 Å². The minimum absolute atomic E-state index is 0.0771. The van der Waals surface area contributed by atoms with E-state index in [9.17, 15) is 18.0 Å². The van der Waals surface area contributed by atoms with Gasteiger partial charge in [-0.2, -0.15) is 4.31 Å². The Morgan fingerprint density at radius 3 is 2.39 bits per heavy atom. The molecule has 2 aromatic carbocycles. The number of carbonyl (C=O) groups excluding carboxylic acids is 2. The first-order valence-corrected chi connectivity index (χ1v) is 12.5. The third-order valence-corrected chi connectivity index (χ3v) is 7.77. The SMILES string of the molecule is CCOC(=O)C1=C(c2ccccc2)NC(=O)NC1c1ccccc1S(=O)(=O)N1CCCCC1. The van der Waals surface area contributed by atoms with Crippen molar-refractivity contribution in [3.8, 4) is 0 Å². The second kappa shape index (κ2) is 9.76. The van der Waals surface area contributed by atoms with Gasteiger partial charge in [0, 0.05) is 13.1 Å². The van der Waals surface area contributed by atoms with Crippen LogP contribution in [-0.4, -0.2) is 44.4 Å². The molecule has 2 aliphatic rings. The van der Waals surface area contributed by atoms with Crippen LogP contribution in [0.1, 0.15) is 43.4 Å². The molecule has 1 atom stereocenters. The van der Waals surface area contributed by atoms with Crippen molar-refractivity contribution < 1.29 is 22.7 Å². The molecule has 0 saturated carbocycles. The van der Waals surface area contributed by atoms with Crippen LogP contribution in [0.2, 0.25) is 0 Å². The minimum atomic E-state index is -3.82. The zero-order valence-electron chi connectivity index (χ0n) is 18.4. The van der Waals surface area contributed by atoms with E-state index >= 15 is 0 Å². The molecule has 1 fully saturated rings. The fourth-order valence-electron chi connectivity index (χ4n) is 4.26. The van der Waals surface area contributed by atoms with Crippen molar-refractivity contribution in [3.05, 3.63) is 71.3 Å². The molecule has 0 radical (unpaired) electrons. The van der Waals surface area contributed by atoms with Gasteiger partial charge in [-0.1, -0.05) is 55.0 Å². The number of amides is 2.